The van der Waals surface area contributed by atoms with Gasteiger partial charge in [-0.15, -0.1) is 0 Å². The molecule has 0 aliphatic carbocycles. The second-order valence-corrected chi connectivity index (χ2v) is 5.17. The normalized spacial score (nSPS) is 31.1. The second-order valence-electron chi connectivity index (χ2n) is 5.17. The van der Waals surface area contributed by atoms with Gasteiger partial charge in [0, 0.05) is 12.6 Å². The lowest BCUT2D eigenvalue weighted by Gasteiger charge is -2.20. The van der Waals surface area contributed by atoms with Crippen molar-refractivity contribution in [3.63, 3.8) is 0 Å². The smallest absolute Gasteiger partial charge is 0.123 e. The van der Waals surface area contributed by atoms with Crippen molar-refractivity contribution < 1.29 is 9.13 Å². The van der Waals surface area contributed by atoms with Crippen LogP contribution in [-0.2, 0) is 11.3 Å². The predicted molar refractivity (Wildman–Crippen MR) is 64.3 cm³/mol. The van der Waals surface area contributed by atoms with Crippen LogP contribution in [0.1, 0.15) is 30.4 Å². The molecule has 2 bridgehead atoms. The quantitative estimate of drug-likeness (QED) is 0.869. The standard InChI is InChI=1S/C14H18FNO/c1-9-2-3-11(15)6-10(9)8-16-13-7-12-4-5-14(13)17-12/h2-3,6,12-14,16H,4-5,7-8H2,1H3/t12-,13-,14+/m1/s1. The zero-order valence-corrected chi connectivity index (χ0v) is 10.1. The fourth-order valence-corrected chi connectivity index (χ4v) is 2.92. The Balaban J connectivity index is 1.62. The van der Waals surface area contributed by atoms with Crippen molar-refractivity contribution in [2.75, 3.05) is 0 Å². The van der Waals surface area contributed by atoms with E-state index in [0.717, 1.165) is 24.1 Å². The molecule has 2 aliphatic rings. The molecule has 0 unspecified atom stereocenters. The molecule has 0 spiro atoms. The Bertz CT molecular complexity index is 421. The summed E-state index contributed by atoms with van der Waals surface area (Å²) in [5, 5.41) is 3.51. The van der Waals surface area contributed by atoms with Gasteiger partial charge in [0.2, 0.25) is 0 Å². The molecule has 0 aromatic heterocycles. The van der Waals surface area contributed by atoms with Crippen molar-refractivity contribution in [2.45, 2.75) is 51.0 Å². The summed E-state index contributed by atoms with van der Waals surface area (Å²) in [6.45, 7) is 2.76. The zero-order valence-electron chi connectivity index (χ0n) is 10.1. The number of halogens is 1. The molecule has 2 nitrogen and oxygen atoms in total. The van der Waals surface area contributed by atoms with Gasteiger partial charge < -0.3 is 10.1 Å². The van der Waals surface area contributed by atoms with E-state index in [9.17, 15) is 4.39 Å². The molecule has 2 heterocycles. The van der Waals surface area contributed by atoms with Crippen molar-refractivity contribution >= 4 is 0 Å². The summed E-state index contributed by atoms with van der Waals surface area (Å²) in [4.78, 5) is 0. The molecular weight excluding hydrogens is 217 g/mol. The van der Waals surface area contributed by atoms with Crippen LogP contribution in [0.4, 0.5) is 4.39 Å². The molecule has 17 heavy (non-hydrogen) atoms. The van der Waals surface area contributed by atoms with Gasteiger partial charge in [0.25, 0.3) is 0 Å². The van der Waals surface area contributed by atoms with Crippen LogP contribution in [0, 0.1) is 12.7 Å². The van der Waals surface area contributed by atoms with Gasteiger partial charge in [-0.25, -0.2) is 4.39 Å². The molecule has 0 saturated carbocycles. The minimum absolute atomic E-state index is 0.156. The number of fused-ring (bicyclic) bond motifs is 2. The lowest BCUT2D eigenvalue weighted by molar-refractivity contribution is 0.0973. The number of ether oxygens (including phenoxy) is 1. The van der Waals surface area contributed by atoms with E-state index < -0.39 is 0 Å². The maximum absolute atomic E-state index is 13.1. The van der Waals surface area contributed by atoms with Crippen molar-refractivity contribution in [1.29, 1.82) is 0 Å². The number of hydrogen-bond acceptors (Lipinski definition) is 2. The minimum Gasteiger partial charge on any atom is -0.373 e. The summed E-state index contributed by atoms with van der Waals surface area (Å²) in [5.74, 6) is -0.156. The fraction of sp³-hybridized carbons (Fsp3) is 0.571. The molecule has 3 heteroatoms. The molecule has 3 rings (SSSR count). The Morgan fingerprint density at radius 3 is 3.00 bits per heavy atom. The van der Waals surface area contributed by atoms with Crippen LogP contribution in [-0.4, -0.2) is 18.2 Å². The Morgan fingerprint density at radius 2 is 2.29 bits per heavy atom. The Morgan fingerprint density at radius 1 is 1.41 bits per heavy atom. The second kappa shape index (κ2) is 4.39. The van der Waals surface area contributed by atoms with Gasteiger partial charge in [0.1, 0.15) is 5.82 Å². The van der Waals surface area contributed by atoms with Crippen LogP contribution in [0.2, 0.25) is 0 Å². The molecule has 92 valence electrons. The molecule has 3 atom stereocenters. The van der Waals surface area contributed by atoms with Crippen LogP contribution in [0.15, 0.2) is 18.2 Å². The number of aryl methyl sites for hydroxylation is 1. The third-order valence-corrected chi connectivity index (χ3v) is 3.97. The van der Waals surface area contributed by atoms with E-state index in [1.807, 2.05) is 13.0 Å². The summed E-state index contributed by atoms with van der Waals surface area (Å²) in [7, 11) is 0. The lowest BCUT2D eigenvalue weighted by atomic mass is 9.95. The van der Waals surface area contributed by atoms with Crippen LogP contribution >= 0.6 is 0 Å². The molecule has 1 aromatic carbocycles. The van der Waals surface area contributed by atoms with E-state index in [4.69, 9.17) is 4.74 Å². The van der Waals surface area contributed by atoms with Gasteiger partial charge in [-0.3, -0.25) is 0 Å². The highest BCUT2D eigenvalue weighted by molar-refractivity contribution is 5.26. The van der Waals surface area contributed by atoms with E-state index in [-0.39, 0.29) is 5.82 Å². The van der Waals surface area contributed by atoms with Crippen molar-refractivity contribution in [3.8, 4) is 0 Å². The summed E-state index contributed by atoms with van der Waals surface area (Å²) >= 11 is 0. The van der Waals surface area contributed by atoms with Crippen molar-refractivity contribution in [3.05, 3.63) is 35.1 Å². The monoisotopic (exact) mass is 235 g/mol. The molecular formula is C14H18FNO. The maximum Gasteiger partial charge on any atom is 0.123 e. The molecule has 2 aliphatic heterocycles. The average molecular weight is 235 g/mol. The van der Waals surface area contributed by atoms with Crippen molar-refractivity contribution in [1.82, 2.24) is 5.32 Å². The Kier molecular flexibility index (Phi) is 2.89. The molecule has 2 fully saturated rings. The van der Waals surface area contributed by atoms with Gasteiger partial charge in [-0.2, -0.15) is 0 Å². The molecule has 1 aromatic rings. The number of hydrogen-bond donors (Lipinski definition) is 1. The van der Waals surface area contributed by atoms with Gasteiger partial charge >= 0.3 is 0 Å². The van der Waals surface area contributed by atoms with E-state index in [1.165, 1.54) is 18.9 Å². The highest BCUT2D eigenvalue weighted by Gasteiger charge is 2.40. The average Bonchev–Trinajstić information content (AvgIpc) is 2.92. The molecule has 2 saturated heterocycles. The predicted octanol–water partition coefficient (Wildman–Crippen LogP) is 2.54. The number of nitrogens with one attached hydrogen (secondary N) is 1. The first-order valence-electron chi connectivity index (χ1n) is 6.36. The number of benzene rings is 1. The molecule has 1 N–H and O–H groups in total. The number of rotatable bonds is 3. The highest BCUT2D eigenvalue weighted by Crippen LogP contribution is 2.34. The Hall–Kier alpha value is -0.930. The van der Waals surface area contributed by atoms with E-state index in [1.54, 1.807) is 6.07 Å². The summed E-state index contributed by atoms with van der Waals surface area (Å²) in [6.07, 6.45) is 4.34. The highest BCUT2D eigenvalue weighted by atomic mass is 19.1. The minimum atomic E-state index is -0.156. The van der Waals surface area contributed by atoms with Gasteiger partial charge in [0.05, 0.1) is 12.2 Å². The molecule has 0 amide bonds. The van der Waals surface area contributed by atoms with Crippen LogP contribution < -0.4 is 5.32 Å². The van der Waals surface area contributed by atoms with Crippen LogP contribution in [0.3, 0.4) is 0 Å². The SMILES string of the molecule is Cc1ccc(F)cc1CN[C@@H]1C[C@H]2CC[C@@H]1O2. The first-order chi connectivity index (χ1) is 8.22. The lowest BCUT2D eigenvalue weighted by Crippen LogP contribution is -2.37. The topological polar surface area (TPSA) is 21.3 Å². The molecule has 0 radical (unpaired) electrons. The van der Waals surface area contributed by atoms with E-state index in [2.05, 4.69) is 5.32 Å². The fourth-order valence-electron chi connectivity index (χ4n) is 2.92. The van der Waals surface area contributed by atoms with Crippen molar-refractivity contribution in [2.24, 2.45) is 0 Å². The summed E-state index contributed by atoms with van der Waals surface area (Å²) in [6, 6.07) is 5.43. The first-order valence-corrected chi connectivity index (χ1v) is 6.36. The zero-order chi connectivity index (χ0) is 11.8. The maximum atomic E-state index is 13.1. The van der Waals surface area contributed by atoms with Crippen LogP contribution in [0.5, 0.6) is 0 Å². The van der Waals surface area contributed by atoms with Crippen LogP contribution in [0.25, 0.3) is 0 Å². The van der Waals surface area contributed by atoms with Gasteiger partial charge in [0.15, 0.2) is 0 Å². The van der Waals surface area contributed by atoms with Gasteiger partial charge in [-0.1, -0.05) is 6.07 Å². The summed E-state index contributed by atoms with van der Waals surface area (Å²) in [5.41, 5.74) is 2.19. The largest absolute Gasteiger partial charge is 0.373 e. The van der Waals surface area contributed by atoms with Gasteiger partial charge in [-0.05, 0) is 49.4 Å². The third-order valence-electron chi connectivity index (χ3n) is 3.97. The van der Waals surface area contributed by atoms with E-state index in [0.29, 0.717) is 18.2 Å². The first kappa shape index (κ1) is 11.2. The third kappa shape index (κ3) is 2.22. The van der Waals surface area contributed by atoms with E-state index >= 15 is 0 Å². The Labute approximate surface area is 101 Å². The summed E-state index contributed by atoms with van der Waals surface area (Å²) < 4.78 is 18.9.